The van der Waals surface area contributed by atoms with E-state index in [4.69, 9.17) is 11.6 Å². The molecule has 0 spiro atoms. The van der Waals surface area contributed by atoms with Crippen LogP contribution in [0.4, 0.5) is 0 Å². The first kappa shape index (κ1) is 12.4. The largest absolute Gasteiger partial charge is 0.326 e. The third-order valence-electron chi connectivity index (χ3n) is 3.58. The average Bonchev–Trinajstić information content (AvgIpc) is 2.98. The normalized spacial score (nSPS) is 19.8. The van der Waals surface area contributed by atoms with Gasteiger partial charge in [0.05, 0.1) is 16.9 Å². The molecule has 0 aliphatic carbocycles. The van der Waals surface area contributed by atoms with Crippen molar-refractivity contribution in [3.8, 4) is 0 Å². The van der Waals surface area contributed by atoms with Gasteiger partial charge in [-0.2, -0.15) is 11.8 Å². The molecule has 1 aromatic carbocycles. The van der Waals surface area contributed by atoms with Gasteiger partial charge < -0.3 is 4.57 Å². The van der Waals surface area contributed by atoms with E-state index in [1.54, 1.807) is 0 Å². The monoisotopic (exact) mass is 280 g/mol. The number of rotatable bonds is 3. The molecular weight excluding hydrogens is 264 g/mol. The van der Waals surface area contributed by atoms with Crippen molar-refractivity contribution >= 4 is 34.4 Å². The number of hydrogen-bond acceptors (Lipinski definition) is 2. The molecule has 2 nitrogen and oxygen atoms in total. The zero-order valence-electron chi connectivity index (χ0n) is 10.5. The second-order valence-corrected chi connectivity index (χ2v) is 6.53. The number of nitrogens with zero attached hydrogens (tertiary/aromatic N) is 2. The summed E-state index contributed by atoms with van der Waals surface area (Å²) in [5, 5.41) is 0.726. The summed E-state index contributed by atoms with van der Waals surface area (Å²) in [5.74, 6) is 2.80. The van der Waals surface area contributed by atoms with Crippen molar-refractivity contribution in [2.24, 2.45) is 0 Å². The first-order chi connectivity index (χ1) is 8.79. The molecule has 0 radical (unpaired) electrons. The molecule has 96 valence electrons. The number of halogens is 1. The quantitative estimate of drug-likeness (QED) is 0.792. The maximum Gasteiger partial charge on any atom is 0.124 e. The SMILES string of the molecule is Cc1cccc2nc(CCl)n(CC3CCCS3)c12. The minimum Gasteiger partial charge on any atom is -0.326 e. The first-order valence-corrected chi connectivity index (χ1v) is 8.00. The van der Waals surface area contributed by atoms with Crippen molar-refractivity contribution in [3.63, 3.8) is 0 Å². The Morgan fingerprint density at radius 1 is 1.50 bits per heavy atom. The van der Waals surface area contributed by atoms with Gasteiger partial charge in [0.1, 0.15) is 5.82 Å². The third kappa shape index (κ3) is 2.14. The number of aromatic nitrogens is 2. The highest BCUT2D eigenvalue weighted by atomic mass is 35.5. The van der Waals surface area contributed by atoms with E-state index in [9.17, 15) is 0 Å². The van der Waals surface area contributed by atoms with Gasteiger partial charge in [-0.25, -0.2) is 4.98 Å². The Hall–Kier alpha value is -0.670. The molecule has 18 heavy (non-hydrogen) atoms. The highest BCUT2D eigenvalue weighted by Crippen LogP contribution is 2.30. The van der Waals surface area contributed by atoms with Crippen LogP contribution < -0.4 is 0 Å². The van der Waals surface area contributed by atoms with Crippen LogP contribution in [0.5, 0.6) is 0 Å². The van der Waals surface area contributed by atoms with Gasteiger partial charge in [-0.1, -0.05) is 12.1 Å². The van der Waals surface area contributed by atoms with Crippen molar-refractivity contribution in [1.82, 2.24) is 9.55 Å². The molecule has 0 amide bonds. The maximum atomic E-state index is 6.05. The predicted molar refractivity (Wildman–Crippen MR) is 79.5 cm³/mol. The molecule has 4 heteroatoms. The van der Waals surface area contributed by atoms with Crippen molar-refractivity contribution < 1.29 is 0 Å². The van der Waals surface area contributed by atoms with Crippen LogP contribution in [0.3, 0.4) is 0 Å². The van der Waals surface area contributed by atoms with Crippen LogP contribution in [0.15, 0.2) is 18.2 Å². The summed E-state index contributed by atoms with van der Waals surface area (Å²) in [6, 6.07) is 6.30. The van der Waals surface area contributed by atoms with Gasteiger partial charge in [-0.3, -0.25) is 0 Å². The number of para-hydroxylation sites is 1. The van der Waals surface area contributed by atoms with Crippen molar-refractivity contribution in [2.75, 3.05) is 5.75 Å². The van der Waals surface area contributed by atoms with Crippen LogP contribution in [-0.2, 0) is 12.4 Å². The Kier molecular flexibility index (Phi) is 3.53. The topological polar surface area (TPSA) is 17.8 Å². The van der Waals surface area contributed by atoms with E-state index in [2.05, 4.69) is 46.4 Å². The zero-order chi connectivity index (χ0) is 12.5. The van der Waals surface area contributed by atoms with Crippen molar-refractivity contribution in [1.29, 1.82) is 0 Å². The van der Waals surface area contributed by atoms with Gasteiger partial charge in [0, 0.05) is 11.8 Å². The lowest BCUT2D eigenvalue weighted by Gasteiger charge is -2.13. The lowest BCUT2D eigenvalue weighted by molar-refractivity contribution is 0.634. The molecule has 2 aromatic rings. The fraction of sp³-hybridized carbons (Fsp3) is 0.500. The average molecular weight is 281 g/mol. The molecule has 1 aromatic heterocycles. The Labute approximate surface area is 117 Å². The van der Waals surface area contributed by atoms with Gasteiger partial charge >= 0.3 is 0 Å². The lowest BCUT2D eigenvalue weighted by atomic mass is 10.2. The Balaban J connectivity index is 2.06. The number of benzene rings is 1. The summed E-state index contributed by atoms with van der Waals surface area (Å²) in [4.78, 5) is 4.66. The predicted octanol–water partition coefficient (Wildman–Crippen LogP) is 3.98. The van der Waals surface area contributed by atoms with Crippen LogP contribution >= 0.6 is 23.4 Å². The number of imidazole rings is 1. The van der Waals surface area contributed by atoms with Gasteiger partial charge in [-0.05, 0) is 37.1 Å². The van der Waals surface area contributed by atoms with E-state index < -0.39 is 0 Å². The Morgan fingerprint density at radius 2 is 2.39 bits per heavy atom. The molecule has 1 fully saturated rings. The van der Waals surface area contributed by atoms with E-state index in [1.165, 1.54) is 29.7 Å². The molecular formula is C14H17ClN2S. The highest BCUT2D eigenvalue weighted by Gasteiger charge is 2.19. The van der Waals surface area contributed by atoms with Crippen LogP contribution in [0.2, 0.25) is 0 Å². The fourth-order valence-corrected chi connectivity index (χ4v) is 4.16. The fourth-order valence-electron chi connectivity index (χ4n) is 2.70. The van der Waals surface area contributed by atoms with Gasteiger partial charge in [0.2, 0.25) is 0 Å². The molecule has 1 atom stereocenters. The number of aryl methyl sites for hydroxylation is 1. The number of fused-ring (bicyclic) bond motifs is 1. The summed E-state index contributed by atoms with van der Waals surface area (Å²) in [6.07, 6.45) is 2.66. The minimum atomic E-state index is 0.492. The van der Waals surface area contributed by atoms with Gasteiger partial charge in [0.25, 0.3) is 0 Å². The minimum absolute atomic E-state index is 0.492. The molecule has 1 aliphatic heterocycles. The molecule has 0 N–H and O–H groups in total. The number of hydrogen-bond donors (Lipinski definition) is 0. The molecule has 0 saturated carbocycles. The van der Waals surface area contributed by atoms with Gasteiger partial charge in [-0.15, -0.1) is 11.6 Å². The van der Waals surface area contributed by atoms with Crippen LogP contribution in [0.25, 0.3) is 11.0 Å². The second kappa shape index (κ2) is 5.14. The van der Waals surface area contributed by atoms with Crippen LogP contribution in [-0.4, -0.2) is 20.6 Å². The van der Waals surface area contributed by atoms with Crippen LogP contribution in [0, 0.1) is 6.92 Å². The zero-order valence-corrected chi connectivity index (χ0v) is 12.1. The molecule has 1 saturated heterocycles. The van der Waals surface area contributed by atoms with Gasteiger partial charge in [0.15, 0.2) is 0 Å². The molecule has 1 aliphatic rings. The van der Waals surface area contributed by atoms with E-state index in [-0.39, 0.29) is 0 Å². The van der Waals surface area contributed by atoms with E-state index in [1.807, 2.05) is 0 Å². The summed E-state index contributed by atoms with van der Waals surface area (Å²) < 4.78 is 2.33. The number of alkyl halides is 1. The number of thioether (sulfide) groups is 1. The highest BCUT2D eigenvalue weighted by molar-refractivity contribution is 8.00. The summed E-state index contributed by atoms with van der Waals surface area (Å²) >= 11 is 8.13. The van der Waals surface area contributed by atoms with Crippen LogP contribution in [0.1, 0.15) is 24.2 Å². The molecule has 3 rings (SSSR count). The van der Waals surface area contributed by atoms with Crippen molar-refractivity contribution in [3.05, 3.63) is 29.6 Å². The second-order valence-electron chi connectivity index (χ2n) is 4.85. The third-order valence-corrected chi connectivity index (χ3v) is 5.20. The Morgan fingerprint density at radius 3 is 3.11 bits per heavy atom. The van der Waals surface area contributed by atoms with E-state index in [0.717, 1.165) is 23.1 Å². The van der Waals surface area contributed by atoms with Crippen molar-refractivity contribution in [2.45, 2.75) is 37.4 Å². The summed E-state index contributed by atoms with van der Waals surface area (Å²) in [7, 11) is 0. The first-order valence-electron chi connectivity index (χ1n) is 6.42. The molecule has 0 bridgehead atoms. The lowest BCUT2D eigenvalue weighted by Crippen LogP contribution is -2.12. The maximum absolute atomic E-state index is 6.05. The molecule has 2 heterocycles. The van der Waals surface area contributed by atoms with E-state index in [0.29, 0.717) is 5.88 Å². The summed E-state index contributed by atoms with van der Waals surface area (Å²) in [5.41, 5.74) is 3.63. The van der Waals surface area contributed by atoms with E-state index >= 15 is 0 Å². The summed E-state index contributed by atoms with van der Waals surface area (Å²) in [6.45, 7) is 3.20. The smallest absolute Gasteiger partial charge is 0.124 e. The Bertz CT molecular complexity index is 558. The standard InChI is InChI=1S/C14H17ClN2S/c1-10-4-2-6-12-14(10)17(13(8-15)16-12)9-11-5-3-7-18-11/h2,4,6,11H,3,5,7-9H2,1H3. The molecule has 1 unspecified atom stereocenters.